The second kappa shape index (κ2) is 9.90. The van der Waals surface area contributed by atoms with Crippen molar-refractivity contribution in [2.45, 2.75) is 6.54 Å². The van der Waals surface area contributed by atoms with Crippen LogP contribution in [-0.2, 0) is 11.3 Å². The Morgan fingerprint density at radius 2 is 1.85 bits per heavy atom. The average molecular weight is 480 g/mol. The van der Waals surface area contributed by atoms with Crippen LogP contribution in [-0.4, -0.2) is 40.7 Å². The molecule has 2 aromatic carbocycles. The summed E-state index contributed by atoms with van der Waals surface area (Å²) in [6.07, 6.45) is 0. The van der Waals surface area contributed by atoms with Crippen molar-refractivity contribution in [2.24, 2.45) is 0 Å². The molecule has 34 heavy (non-hydrogen) atoms. The van der Waals surface area contributed by atoms with Gasteiger partial charge in [0.1, 0.15) is 11.0 Å². The van der Waals surface area contributed by atoms with Crippen LogP contribution in [0.2, 0.25) is 5.15 Å². The number of halogens is 1. The van der Waals surface area contributed by atoms with Gasteiger partial charge in [-0.25, -0.2) is 9.78 Å². The average Bonchev–Trinajstić information content (AvgIpc) is 2.83. The first kappa shape index (κ1) is 23.2. The highest BCUT2D eigenvalue weighted by Crippen LogP contribution is 2.25. The van der Waals surface area contributed by atoms with E-state index in [2.05, 4.69) is 9.97 Å². The number of nitrogens with two attached hydrogens (primary N) is 1. The minimum Gasteiger partial charge on any atom is -0.383 e. The van der Waals surface area contributed by atoms with Crippen molar-refractivity contribution in [3.05, 3.63) is 97.8 Å². The number of aromatic nitrogens is 3. The third-order valence-corrected chi connectivity index (χ3v) is 5.54. The Morgan fingerprint density at radius 1 is 1.15 bits per heavy atom. The lowest BCUT2D eigenvalue weighted by atomic mass is 10.1. The van der Waals surface area contributed by atoms with E-state index in [4.69, 9.17) is 22.1 Å². The molecule has 2 heterocycles. The molecule has 1 amide bonds. The number of para-hydroxylation sites is 1. The molecule has 10 heteroatoms. The molecular weight excluding hydrogens is 458 g/mol. The first-order chi connectivity index (χ1) is 16.4. The fraction of sp³-hybridized carbons (Fsp3) is 0.167. The molecular formula is C24H22ClN5O4. The number of methoxy groups -OCH3 is 1. The number of carbonyl (C=O) groups is 1. The number of H-pyrrole nitrogens is 1. The summed E-state index contributed by atoms with van der Waals surface area (Å²) in [6, 6.07) is 17.6. The highest BCUT2D eigenvalue weighted by molar-refractivity contribution is 6.30. The maximum Gasteiger partial charge on any atom is 0.330 e. The number of carbonyl (C=O) groups excluding carboxylic acids is 1. The van der Waals surface area contributed by atoms with Crippen LogP contribution in [0.3, 0.4) is 0 Å². The van der Waals surface area contributed by atoms with Gasteiger partial charge in [0.05, 0.1) is 24.2 Å². The summed E-state index contributed by atoms with van der Waals surface area (Å²) in [6.45, 7) is 0.255. The zero-order chi connectivity index (χ0) is 24.2. The van der Waals surface area contributed by atoms with Crippen molar-refractivity contribution < 1.29 is 9.53 Å². The summed E-state index contributed by atoms with van der Waals surface area (Å²) < 4.78 is 6.39. The van der Waals surface area contributed by atoms with Gasteiger partial charge >= 0.3 is 5.69 Å². The summed E-state index contributed by atoms with van der Waals surface area (Å²) in [4.78, 5) is 47.0. The zero-order valence-corrected chi connectivity index (χ0v) is 19.1. The van der Waals surface area contributed by atoms with Crippen LogP contribution in [0.1, 0.15) is 15.9 Å². The van der Waals surface area contributed by atoms with E-state index < -0.39 is 17.2 Å². The summed E-state index contributed by atoms with van der Waals surface area (Å²) in [5.74, 6) is -0.661. The molecule has 0 aliphatic heterocycles. The van der Waals surface area contributed by atoms with E-state index in [0.717, 1.165) is 5.56 Å². The third kappa shape index (κ3) is 4.57. The van der Waals surface area contributed by atoms with Crippen molar-refractivity contribution in [3.63, 3.8) is 0 Å². The van der Waals surface area contributed by atoms with Crippen LogP contribution in [0.4, 0.5) is 11.5 Å². The first-order valence-corrected chi connectivity index (χ1v) is 10.8. The Kier molecular flexibility index (Phi) is 6.76. The molecule has 2 aromatic heterocycles. The Labute approximate surface area is 199 Å². The molecule has 0 saturated heterocycles. The van der Waals surface area contributed by atoms with Crippen molar-refractivity contribution in [1.82, 2.24) is 14.5 Å². The Hall–Kier alpha value is -3.95. The Balaban J connectivity index is 1.87. The molecule has 174 valence electrons. The fourth-order valence-electron chi connectivity index (χ4n) is 3.72. The molecule has 0 radical (unpaired) electrons. The number of nitrogens with one attached hydrogen (secondary N) is 1. The van der Waals surface area contributed by atoms with E-state index in [9.17, 15) is 14.4 Å². The minimum atomic E-state index is -0.777. The molecule has 0 spiro atoms. The lowest BCUT2D eigenvalue weighted by Crippen LogP contribution is -2.42. The van der Waals surface area contributed by atoms with Gasteiger partial charge in [0, 0.05) is 19.0 Å². The number of hydrogen-bond donors (Lipinski definition) is 2. The standard InChI is InChI=1S/C24H22ClN5O4/c1-34-12-11-29(23(32)17-13-19(25)27-18-10-6-5-9-16(17)18)20-21(26)30(24(33)28-22(20)31)14-15-7-3-2-4-8-15/h2-10,13H,11-12,14,26H2,1H3,(H,28,31,33). The van der Waals surface area contributed by atoms with E-state index in [1.807, 2.05) is 30.3 Å². The summed E-state index contributed by atoms with van der Waals surface area (Å²) >= 11 is 6.18. The van der Waals surface area contributed by atoms with Gasteiger partial charge in [-0.3, -0.25) is 24.0 Å². The van der Waals surface area contributed by atoms with Crippen LogP contribution in [0.15, 0.2) is 70.3 Å². The van der Waals surface area contributed by atoms with Crippen LogP contribution in [0.25, 0.3) is 10.9 Å². The number of benzene rings is 2. The molecule has 3 N–H and O–H groups in total. The summed E-state index contributed by atoms with van der Waals surface area (Å²) in [5.41, 5.74) is 6.31. The van der Waals surface area contributed by atoms with E-state index in [1.54, 1.807) is 24.3 Å². The van der Waals surface area contributed by atoms with Gasteiger partial charge in [-0.05, 0) is 17.7 Å². The maximum atomic E-state index is 13.8. The molecule has 4 rings (SSSR count). The first-order valence-electron chi connectivity index (χ1n) is 10.4. The number of rotatable bonds is 7. The van der Waals surface area contributed by atoms with Crippen LogP contribution >= 0.6 is 11.6 Å². The van der Waals surface area contributed by atoms with Crippen LogP contribution < -0.4 is 21.9 Å². The second-order valence-corrected chi connectivity index (χ2v) is 7.91. The molecule has 0 bridgehead atoms. The number of amides is 1. The van der Waals surface area contributed by atoms with Gasteiger partial charge in [-0.2, -0.15) is 0 Å². The van der Waals surface area contributed by atoms with Crippen molar-refractivity contribution >= 4 is 39.9 Å². The monoisotopic (exact) mass is 479 g/mol. The lowest BCUT2D eigenvalue weighted by molar-refractivity contribution is 0.0977. The molecule has 0 atom stereocenters. The molecule has 4 aromatic rings. The molecule has 9 nitrogen and oxygen atoms in total. The fourth-order valence-corrected chi connectivity index (χ4v) is 3.92. The van der Waals surface area contributed by atoms with E-state index in [-0.39, 0.29) is 41.9 Å². The molecule has 0 fully saturated rings. The Morgan fingerprint density at radius 3 is 2.59 bits per heavy atom. The van der Waals surface area contributed by atoms with Crippen LogP contribution in [0.5, 0.6) is 0 Å². The predicted molar refractivity (Wildman–Crippen MR) is 132 cm³/mol. The number of nitrogen functional groups attached to an aromatic ring is 1. The van der Waals surface area contributed by atoms with Crippen molar-refractivity contribution in [3.8, 4) is 0 Å². The molecule has 0 unspecified atom stereocenters. The number of pyridine rings is 1. The quantitative estimate of drug-likeness (QED) is 0.393. The second-order valence-electron chi connectivity index (χ2n) is 7.52. The zero-order valence-electron chi connectivity index (χ0n) is 18.3. The highest BCUT2D eigenvalue weighted by Gasteiger charge is 2.27. The SMILES string of the molecule is COCCN(C(=O)c1cc(Cl)nc2ccccc12)c1c(N)n(Cc2ccccc2)c(=O)[nH]c1=O. The van der Waals surface area contributed by atoms with E-state index >= 15 is 0 Å². The maximum absolute atomic E-state index is 13.8. The van der Waals surface area contributed by atoms with E-state index in [0.29, 0.717) is 10.9 Å². The largest absolute Gasteiger partial charge is 0.383 e. The molecule has 0 aliphatic rings. The van der Waals surface area contributed by atoms with E-state index in [1.165, 1.54) is 22.6 Å². The number of fused-ring (bicyclic) bond motifs is 1. The third-order valence-electron chi connectivity index (χ3n) is 5.35. The van der Waals surface area contributed by atoms with Gasteiger partial charge in [0.25, 0.3) is 11.5 Å². The van der Waals surface area contributed by atoms with Gasteiger partial charge in [-0.1, -0.05) is 60.1 Å². The number of anilines is 2. The Bertz CT molecular complexity index is 1470. The minimum absolute atomic E-state index is 0.0143. The lowest BCUT2D eigenvalue weighted by Gasteiger charge is -2.25. The topological polar surface area (TPSA) is 123 Å². The summed E-state index contributed by atoms with van der Waals surface area (Å²) in [7, 11) is 1.48. The van der Waals surface area contributed by atoms with Gasteiger partial charge in [0.2, 0.25) is 0 Å². The normalized spacial score (nSPS) is 11.0. The van der Waals surface area contributed by atoms with Gasteiger partial charge < -0.3 is 10.5 Å². The predicted octanol–water partition coefficient (Wildman–Crippen LogP) is 2.66. The van der Waals surface area contributed by atoms with Gasteiger partial charge in [0.15, 0.2) is 5.69 Å². The number of hydrogen-bond acceptors (Lipinski definition) is 6. The van der Waals surface area contributed by atoms with Crippen molar-refractivity contribution in [1.29, 1.82) is 0 Å². The molecule has 0 aliphatic carbocycles. The van der Waals surface area contributed by atoms with Crippen molar-refractivity contribution in [2.75, 3.05) is 30.9 Å². The number of nitrogens with zero attached hydrogens (tertiary/aromatic N) is 3. The van der Waals surface area contributed by atoms with Gasteiger partial charge in [-0.15, -0.1) is 0 Å². The molecule has 0 saturated carbocycles. The summed E-state index contributed by atoms with van der Waals surface area (Å²) in [5, 5.41) is 0.691. The smallest absolute Gasteiger partial charge is 0.330 e. The van der Waals surface area contributed by atoms with Crippen LogP contribution in [0, 0.1) is 0 Å². The highest BCUT2D eigenvalue weighted by atomic mass is 35.5. The number of ether oxygens (including phenoxy) is 1. The number of aromatic amines is 1.